The summed E-state index contributed by atoms with van der Waals surface area (Å²) < 4.78 is 7.51. The molecule has 0 radical (unpaired) electrons. The van der Waals surface area contributed by atoms with E-state index in [0.29, 0.717) is 18.8 Å². The molecule has 0 unspecified atom stereocenters. The third-order valence-corrected chi connectivity index (χ3v) is 6.54. The molecular formula is C22H26ClN7O2. The van der Waals surface area contributed by atoms with Crippen LogP contribution >= 0.6 is 11.6 Å². The second-order valence-electron chi connectivity index (χ2n) is 8.37. The van der Waals surface area contributed by atoms with Gasteiger partial charge in [0.15, 0.2) is 0 Å². The minimum Gasteiger partial charge on any atom is -0.379 e. The van der Waals surface area contributed by atoms with Gasteiger partial charge in [-0.15, -0.1) is 5.10 Å². The van der Waals surface area contributed by atoms with E-state index in [4.69, 9.17) is 16.3 Å². The third kappa shape index (κ3) is 4.28. The maximum Gasteiger partial charge on any atom is 0.285 e. The lowest BCUT2D eigenvalue weighted by atomic mass is 10.0. The third-order valence-electron chi connectivity index (χ3n) is 6.17. The number of H-pyrrole nitrogens is 1. The molecule has 1 aromatic carbocycles. The van der Waals surface area contributed by atoms with Crippen molar-refractivity contribution in [2.24, 2.45) is 0 Å². The molecule has 5 rings (SSSR count). The Balaban J connectivity index is 1.36. The molecule has 1 N–H and O–H groups in total. The predicted octanol–water partition coefficient (Wildman–Crippen LogP) is 1.77. The summed E-state index contributed by atoms with van der Waals surface area (Å²) in [6, 6.07) is 6.64. The fraction of sp³-hybridized carbons (Fsp3) is 0.455. The average molecular weight is 456 g/mol. The van der Waals surface area contributed by atoms with Gasteiger partial charge in [-0.3, -0.25) is 9.69 Å². The van der Waals surface area contributed by atoms with Crippen molar-refractivity contribution in [2.45, 2.75) is 33.0 Å². The maximum atomic E-state index is 11.8. The number of halogens is 1. The molecule has 0 aliphatic carbocycles. The molecular weight excluding hydrogens is 430 g/mol. The molecule has 0 amide bonds. The number of rotatable bonds is 5. The van der Waals surface area contributed by atoms with E-state index >= 15 is 0 Å². The van der Waals surface area contributed by atoms with E-state index in [1.807, 2.05) is 9.58 Å². The Labute approximate surface area is 190 Å². The van der Waals surface area contributed by atoms with Crippen LogP contribution in [0, 0.1) is 6.92 Å². The lowest BCUT2D eigenvalue weighted by Gasteiger charge is -2.29. The quantitative estimate of drug-likeness (QED) is 0.626. The summed E-state index contributed by atoms with van der Waals surface area (Å²) in [7, 11) is 0. The summed E-state index contributed by atoms with van der Waals surface area (Å²) in [5.41, 5.74) is 6.14. The summed E-state index contributed by atoms with van der Waals surface area (Å²) in [6.07, 6.45) is 2.36. The molecule has 2 aromatic heterocycles. The van der Waals surface area contributed by atoms with Gasteiger partial charge < -0.3 is 9.64 Å². The fourth-order valence-electron chi connectivity index (χ4n) is 4.41. The first kappa shape index (κ1) is 21.1. The topological polar surface area (TPSA) is 92.2 Å². The molecule has 32 heavy (non-hydrogen) atoms. The molecule has 3 aromatic rings. The zero-order valence-corrected chi connectivity index (χ0v) is 18.8. The maximum absolute atomic E-state index is 11.8. The van der Waals surface area contributed by atoms with E-state index in [-0.39, 0.29) is 10.6 Å². The van der Waals surface area contributed by atoms with Crippen molar-refractivity contribution in [1.82, 2.24) is 30.1 Å². The van der Waals surface area contributed by atoms with Crippen molar-refractivity contribution in [3.05, 3.63) is 67.9 Å². The Morgan fingerprint density at radius 3 is 2.84 bits per heavy atom. The van der Waals surface area contributed by atoms with Crippen molar-refractivity contribution in [1.29, 1.82) is 0 Å². The number of anilines is 1. The van der Waals surface area contributed by atoms with Crippen LogP contribution in [0.15, 0.2) is 29.2 Å². The van der Waals surface area contributed by atoms with Crippen LogP contribution < -0.4 is 10.5 Å². The highest BCUT2D eigenvalue weighted by Gasteiger charge is 2.25. The number of nitrogens with one attached hydrogen (secondary N) is 1. The van der Waals surface area contributed by atoms with Crippen molar-refractivity contribution in [3.63, 3.8) is 0 Å². The minimum absolute atomic E-state index is 0.156. The van der Waals surface area contributed by atoms with Gasteiger partial charge in [0.25, 0.3) is 5.56 Å². The van der Waals surface area contributed by atoms with Crippen molar-refractivity contribution < 1.29 is 4.74 Å². The number of hydrogen-bond acceptors (Lipinski definition) is 7. The summed E-state index contributed by atoms with van der Waals surface area (Å²) in [5, 5.41) is 15.3. The zero-order valence-electron chi connectivity index (χ0n) is 18.1. The van der Waals surface area contributed by atoms with Gasteiger partial charge in [0, 0.05) is 32.6 Å². The first-order chi connectivity index (χ1) is 15.6. The highest BCUT2D eigenvalue weighted by molar-refractivity contribution is 6.32. The number of ether oxygens (including phenoxy) is 1. The van der Waals surface area contributed by atoms with Crippen LogP contribution in [0.4, 0.5) is 5.69 Å². The first-order valence-electron chi connectivity index (χ1n) is 10.9. The molecule has 2 aliphatic heterocycles. The standard InChI is InChI=1S/C22H26ClN7O2/c1-15-2-3-16(17(10-15)12-28-6-8-32-9-7-28)13-30-19-4-5-29(14-18(19)25-27-30)20-11-24-26-22(31)21(20)23/h2-3,10-11H,4-9,12-14H2,1H3,(H,26,31). The molecule has 168 valence electrons. The van der Waals surface area contributed by atoms with E-state index < -0.39 is 0 Å². The highest BCUT2D eigenvalue weighted by Crippen LogP contribution is 2.27. The van der Waals surface area contributed by atoms with Gasteiger partial charge in [-0.25, -0.2) is 9.78 Å². The molecule has 0 saturated carbocycles. The van der Waals surface area contributed by atoms with E-state index in [0.717, 1.165) is 57.2 Å². The van der Waals surface area contributed by atoms with Crippen LogP contribution in [-0.4, -0.2) is 62.9 Å². The summed E-state index contributed by atoms with van der Waals surface area (Å²) >= 11 is 6.20. The van der Waals surface area contributed by atoms with E-state index in [2.05, 4.69) is 50.5 Å². The smallest absolute Gasteiger partial charge is 0.285 e. The molecule has 10 heteroatoms. The number of aromatic nitrogens is 5. The predicted molar refractivity (Wildman–Crippen MR) is 121 cm³/mol. The Hall–Kier alpha value is -2.75. The van der Waals surface area contributed by atoms with Gasteiger partial charge >= 0.3 is 0 Å². The largest absolute Gasteiger partial charge is 0.379 e. The molecule has 2 aliphatic rings. The first-order valence-corrected chi connectivity index (χ1v) is 11.2. The molecule has 4 heterocycles. The normalized spacial score (nSPS) is 16.9. The van der Waals surface area contributed by atoms with Crippen molar-refractivity contribution in [3.8, 4) is 0 Å². The molecule has 0 atom stereocenters. The number of aryl methyl sites for hydroxylation is 1. The van der Waals surface area contributed by atoms with E-state index in [1.165, 1.54) is 16.7 Å². The fourth-order valence-corrected chi connectivity index (χ4v) is 4.62. The number of morpholine rings is 1. The zero-order chi connectivity index (χ0) is 22.1. The van der Waals surface area contributed by atoms with Gasteiger partial charge in [0.05, 0.1) is 43.9 Å². The monoisotopic (exact) mass is 455 g/mol. The Bertz CT molecular complexity index is 1170. The Kier molecular flexibility index (Phi) is 5.95. The Morgan fingerprint density at radius 1 is 1.16 bits per heavy atom. The van der Waals surface area contributed by atoms with Gasteiger partial charge in [0.2, 0.25) is 0 Å². The van der Waals surface area contributed by atoms with Crippen LogP contribution in [0.25, 0.3) is 0 Å². The molecule has 0 spiro atoms. The number of nitrogens with zero attached hydrogens (tertiary/aromatic N) is 6. The van der Waals surface area contributed by atoms with Crippen molar-refractivity contribution in [2.75, 3.05) is 37.7 Å². The van der Waals surface area contributed by atoms with Crippen LogP contribution in [0.2, 0.25) is 5.02 Å². The summed E-state index contributed by atoms with van der Waals surface area (Å²) in [6.45, 7) is 8.52. The second-order valence-corrected chi connectivity index (χ2v) is 8.75. The van der Waals surface area contributed by atoms with Gasteiger partial charge in [0.1, 0.15) is 10.7 Å². The molecule has 9 nitrogen and oxygen atoms in total. The SMILES string of the molecule is Cc1ccc(Cn2nnc3c2CCN(c2cn[nH]c(=O)c2Cl)C3)c(CN2CCOCC2)c1. The summed E-state index contributed by atoms with van der Waals surface area (Å²) in [5.74, 6) is 0. The van der Waals surface area contributed by atoms with Gasteiger partial charge in [-0.1, -0.05) is 40.6 Å². The molecule has 1 fully saturated rings. The number of benzene rings is 1. The number of fused-ring (bicyclic) bond motifs is 1. The Morgan fingerprint density at radius 2 is 2.00 bits per heavy atom. The van der Waals surface area contributed by atoms with Crippen LogP contribution in [0.5, 0.6) is 0 Å². The minimum atomic E-state index is -0.384. The van der Waals surface area contributed by atoms with Gasteiger partial charge in [-0.2, -0.15) is 5.10 Å². The highest BCUT2D eigenvalue weighted by atomic mass is 35.5. The summed E-state index contributed by atoms with van der Waals surface area (Å²) in [4.78, 5) is 16.3. The van der Waals surface area contributed by atoms with Crippen LogP contribution in [-0.2, 0) is 30.8 Å². The van der Waals surface area contributed by atoms with Gasteiger partial charge in [-0.05, 0) is 18.1 Å². The van der Waals surface area contributed by atoms with E-state index in [1.54, 1.807) is 6.20 Å². The lowest BCUT2D eigenvalue weighted by molar-refractivity contribution is 0.0340. The second kappa shape index (κ2) is 9.01. The average Bonchev–Trinajstić information content (AvgIpc) is 3.20. The van der Waals surface area contributed by atoms with E-state index in [9.17, 15) is 4.79 Å². The van der Waals surface area contributed by atoms with Crippen LogP contribution in [0.1, 0.15) is 28.1 Å². The van der Waals surface area contributed by atoms with Crippen LogP contribution in [0.3, 0.4) is 0 Å². The molecule has 0 bridgehead atoms. The lowest BCUT2D eigenvalue weighted by Crippen LogP contribution is -2.36. The van der Waals surface area contributed by atoms with Crippen molar-refractivity contribution >= 4 is 17.3 Å². The number of aromatic amines is 1. The molecule has 1 saturated heterocycles. The number of hydrogen-bond donors (Lipinski definition) is 1.